The van der Waals surface area contributed by atoms with E-state index in [0.717, 1.165) is 16.8 Å². The van der Waals surface area contributed by atoms with Gasteiger partial charge in [-0.1, -0.05) is 5.57 Å². The summed E-state index contributed by atoms with van der Waals surface area (Å²) in [5.74, 6) is -0.0595. The molecule has 4 nitrogen and oxygen atoms in total. The number of carbonyl (C=O) groups excluding carboxylic acids is 1. The van der Waals surface area contributed by atoms with Crippen molar-refractivity contribution in [1.82, 2.24) is 15.1 Å². The van der Waals surface area contributed by atoms with Crippen molar-refractivity contribution in [3.63, 3.8) is 0 Å². The normalized spacial score (nSPS) is 12.1. The summed E-state index contributed by atoms with van der Waals surface area (Å²) in [7, 11) is 1.89. The topological polar surface area (TPSA) is 46.9 Å². The summed E-state index contributed by atoms with van der Waals surface area (Å²) in [5.41, 5.74) is 3.12. The van der Waals surface area contributed by atoms with Crippen LogP contribution in [-0.4, -0.2) is 15.7 Å². The van der Waals surface area contributed by atoms with Crippen molar-refractivity contribution in [3.8, 4) is 0 Å². The lowest BCUT2D eigenvalue weighted by Crippen LogP contribution is -2.25. The van der Waals surface area contributed by atoms with E-state index in [-0.39, 0.29) is 11.9 Å². The van der Waals surface area contributed by atoms with Crippen LogP contribution >= 0.6 is 0 Å². The molecule has 0 aliphatic rings. The van der Waals surface area contributed by atoms with Crippen molar-refractivity contribution in [2.75, 3.05) is 0 Å². The van der Waals surface area contributed by atoms with Gasteiger partial charge >= 0.3 is 0 Å². The quantitative estimate of drug-likeness (QED) is 0.792. The second-order valence-electron chi connectivity index (χ2n) is 4.26. The van der Waals surface area contributed by atoms with Crippen molar-refractivity contribution >= 4 is 5.91 Å². The van der Waals surface area contributed by atoms with E-state index in [9.17, 15) is 4.79 Å². The predicted octanol–water partition coefficient (Wildman–Crippen LogP) is 1.87. The largest absolute Gasteiger partial charge is 0.346 e. The predicted molar refractivity (Wildman–Crippen MR) is 63.9 cm³/mol. The van der Waals surface area contributed by atoms with Gasteiger partial charge in [0, 0.05) is 24.4 Å². The highest BCUT2D eigenvalue weighted by atomic mass is 16.1. The number of aromatic nitrogens is 2. The molecule has 4 heteroatoms. The van der Waals surface area contributed by atoms with Gasteiger partial charge in [-0.2, -0.15) is 5.10 Å². The number of carbonyl (C=O) groups is 1. The number of aryl methyl sites for hydroxylation is 1. The second kappa shape index (κ2) is 4.96. The van der Waals surface area contributed by atoms with Gasteiger partial charge in [0.1, 0.15) is 0 Å². The Balaban J connectivity index is 2.73. The van der Waals surface area contributed by atoms with E-state index < -0.39 is 0 Å². The lowest BCUT2D eigenvalue weighted by Gasteiger charge is -2.12. The SMILES string of the molecule is CC(C)=CC(=O)NC(C)c1cnn(C)c1C. The number of nitrogens with zero attached hydrogens (tertiary/aromatic N) is 2. The molecule has 0 radical (unpaired) electrons. The third kappa shape index (κ3) is 2.95. The molecule has 1 amide bonds. The van der Waals surface area contributed by atoms with Gasteiger partial charge in [0.25, 0.3) is 0 Å². The van der Waals surface area contributed by atoms with Crippen molar-refractivity contribution in [2.24, 2.45) is 7.05 Å². The molecule has 0 spiro atoms. The van der Waals surface area contributed by atoms with Crippen LogP contribution in [0.15, 0.2) is 17.8 Å². The minimum absolute atomic E-state index is 0.0169. The summed E-state index contributed by atoms with van der Waals surface area (Å²) in [6.07, 6.45) is 3.39. The summed E-state index contributed by atoms with van der Waals surface area (Å²) < 4.78 is 1.80. The van der Waals surface area contributed by atoms with Crippen molar-refractivity contribution in [3.05, 3.63) is 29.1 Å². The molecular formula is C12H19N3O. The molecule has 1 unspecified atom stereocenters. The Bertz CT molecular complexity index is 414. The van der Waals surface area contributed by atoms with E-state index in [1.165, 1.54) is 0 Å². The van der Waals surface area contributed by atoms with E-state index in [1.807, 2.05) is 34.7 Å². The molecule has 0 aromatic carbocycles. The summed E-state index contributed by atoms with van der Waals surface area (Å²) >= 11 is 0. The Labute approximate surface area is 96.3 Å². The minimum Gasteiger partial charge on any atom is -0.346 e. The monoisotopic (exact) mass is 221 g/mol. The van der Waals surface area contributed by atoms with Gasteiger partial charge < -0.3 is 5.32 Å². The number of allylic oxidation sites excluding steroid dienone is 1. The van der Waals surface area contributed by atoms with Crippen LogP contribution in [0, 0.1) is 6.92 Å². The van der Waals surface area contributed by atoms with Crippen LogP contribution in [-0.2, 0) is 11.8 Å². The third-order valence-corrected chi connectivity index (χ3v) is 2.52. The summed E-state index contributed by atoms with van der Waals surface area (Å²) in [5, 5.41) is 7.07. The Morgan fingerprint density at radius 2 is 2.19 bits per heavy atom. The fourth-order valence-corrected chi connectivity index (χ4v) is 1.54. The number of hydrogen-bond acceptors (Lipinski definition) is 2. The summed E-state index contributed by atoms with van der Waals surface area (Å²) in [6, 6.07) is -0.0169. The van der Waals surface area contributed by atoms with Crippen LogP contribution in [0.5, 0.6) is 0 Å². The standard InChI is InChI=1S/C12H19N3O/c1-8(2)6-12(16)14-9(3)11-7-13-15(5)10(11)4/h6-7,9H,1-5H3,(H,14,16). The van der Waals surface area contributed by atoms with Crippen LogP contribution < -0.4 is 5.32 Å². The molecule has 88 valence electrons. The number of rotatable bonds is 3. The zero-order valence-electron chi connectivity index (χ0n) is 10.5. The third-order valence-electron chi connectivity index (χ3n) is 2.52. The summed E-state index contributed by atoms with van der Waals surface area (Å²) in [6.45, 7) is 7.76. The maximum absolute atomic E-state index is 11.5. The Kier molecular flexibility index (Phi) is 3.88. The molecule has 1 heterocycles. The first-order valence-electron chi connectivity index (χ1n) is 5.35. The molecular weight excluding hydrogens is 202 g/mol. The van der Waals surface area contributed by atoms with Gasteiger partial charge in [0.05, 0.1) is 12.2 Å². The van der Waals surface area contributed by atoms with E-state index in [4.69, 9.17) is 0 Å². The van der Waals surface area contributed by atoms with E-state index in [2.05, 4.69) is 10.4 Å². The highest BCUT2D eigenvalue weighted by Gasteiger charge is 2.13. The van der Waals surface area contributed by atoms with Gasteiger partial charge in [-0.15, -0.1) is 0 Å². The van der Waals surface area contributed by atoms with Crippen molar-refractivity contribution < 1.29 is 4.79 Å². The van der Waals surface area contributed by atoms with Gasteiger partial charge in [0.15, 0.2) is 0 Å². The van der Waals surface area contributed by atoms with Crippen molar-refractivity contribution in [2.45, 2.75) is 33.7 Å². The lowest BCUT2D eigenvalue weighted by atomic mass is 10.1. The van der Waals surface area contributed by atoms with Crippen LogP contribution in [0.1, 0.15) is 38.1 Å². The first kappa shape index (κ1) is 12.5. The van der Waals surface area contributed by atoms with Crippen LogP contribution in [0.3, 0.4) is 0 Å². The number of nitrogens with one attached hydrogen (secondary N) is 1. The number of hydrogen-bond donors (Lipinski definition) is 1. The Hall–Kier alpha value is -1.58. The summed E-state index contributed by atoms with van der Waals surface area (Å²) in [4.78, 5) is 11.5. The van der Waals surface area contributed by atoms with Crippen molar-refractivity contribution in [1.29, 1.82) is 0 Å². The van der Waals surface area contributed by atoms with Gasteiger partial charge in [-0.05, 0) is 27.7 Å². The van der Waals surface area contributed by atoms with E-state index in [0.29, 0.717) is 0 Å². The molecule has 16 heavy (non-hydrogen) atoms. The average Bonchev–Trinajstić information content (AvgIpc) is 2.45. The van der Waals surface area contributed by atoms with Crippen LogP contribution in [0.4, 0.5) is 0 Å². The molecule has 0 fully saturated rings. The maximum atomic E-state index is 11.5. The Morgan fingerprint density at radius 1 is 1.56 bits per heavy atom. The second-order valence-corrected chi connectivity index (χ2v) is 4.26. The zero-order valence-corrected chi connectivity index (χ0v) is 10.5. The molecule has 0 aliphatic carbocycles. The molecule has 0 saturated heterocycles. The fraction of sp³-hybridized carbons (Fsp3) is 0.500. The minimum atomic E-state index is -0.0595. The fourth-order valence-electron chi connectivity index (χ4n) is 1.54. The van der Waals surface area contributed by atoms with Crippen LogP contribution in [0.25, 0.3) is 0 Å². The van der Waals surface area contributed by atoms with Gasteiger partial charge in [-0.3, -0.25) is 9.48 Å². The zero-order chi connectivity index (χ0) is 12.3. The maximum Gasteiger partial charge on any atom is 0.244 e. The first-order chi connectivity index (χ1) is 7.41. The smallest absolute Gasteiger partial charge is 0.244 e. The number of amides is 1. The molecule has 1 aromatic heterocycles. The molecule has 0 aliphatic heterocycles. The molecule has 0 saturated carbocycles. The highest BCUT2D eigenvalue weighted by Crippen LogP contribution is 2.15. The first-order valence-corrected chi connectivity index (χ1v) is 5.35. The highest BCUT2D eigenvalue weighted by molar-refractivity contribution is 5.88. The lowest BCUT2D eigenvalue weighted by molar-refractivity contribution is -0.117. The van der Waals surface area contributed by atoms with Crippen LogP contribution in [0.2, 0.25) is 0 Å². The molecule has 1 atom stereocenters. The van der Waals surface area contributed by atoms with Gasteiger partial charge in [0.2, 0.25) is 5.91 Å². The molecule has 1 N–H and O–H groups in total. The molecule has 1 rings (SSSR count). The van der Waals surface area contributed by atoms with E-state index in [1.54, 1.807) is 17.0 Å². The Morgan fingerprint density at radius 3 is 2.62 bits per heavy atom. The average molecular weight is 221 g/mol. The van der Waals surface area contributed by atoms with Gasteiger partial charge in [-0.25, -0.2) is 0 Å². The van der Waals surface area contributed by atoms with E-state index >= 15 is 0 Å². The molecule has 1 aromatic rings. The molecule has 0 bridgehead atoms.